The number of amides is 1. The molecule has 0 saturated carbocycles. The fourth-order valence-corrected chi connectivity index (χ4v) is 3.04. The van der Waals surface area contributed by atoms with Crippen LogP contribution in [0.5, 0.6) is 0 Å². The van der Waals surface area contributed by atoms with Crippen LogP contribution >= 0.6 is 0 Å². The molecule has 2 aliphatic heterocycles. The predicted molar refractivity (Wildman–Crippen MR) is 62.0 cm³/mol. The zero-order valence-corrected chi connectivity index (χ0v) is 10.7. The lowest BCUT2D eigenvalue weighted by atomic mass is 10.0. The van der Waals surface area contributed by atoms with Crippen molar-refractivity contribution < 1.29 is 26.7 Å². The minimum absolute atomic E-state index is 0.148. The van der Waals surface area contributed by atoms with E-state index in [1.807, 2.05) is 0 Å². The molecule has 0 aromatic heterocycles. The third-order valence-corrected chi connectivity index (χ3v) is 4.13. The van der Waals surface area contributed by atoms with E-state index >= 15 is 0 Å². The van der Waals surface area contributed by atoms with E-state index in [9.17, 15) is 26.7 Å². The van der Waals surface area contributed by atoms with Gasteiger partial charge in [0.05, 0.1) is 0 Å². The first-order valence-electron chi connectivity index (χ1n) is 6.46. The van der Waals surface area contributed by atoms with E-state index < -0.39 is 40.6 Å². The van der Waals surface area contributed by atoms with Crippen LogP contribution in [0.25, 0.3) is 0 Å². The summed E-state index contributed by atoms with van der Waals surface area (Å²) in [4.78, 5) is 13.4. The van der Waals surface area contributed by atoms with E-state index in [1.165, 1.54) is 4.90 Å². The number of hydrogen-bond acceptors (Lipinski definition) is 2. The van der Waals surface area contributed by atoms with E-state index in [1.54, 1.807) is 0 Å². The van der Waals surface area contributed by atoms with Gasteiger partial charge in [0.15, 0.2) is 23.3 Å². The number of nitrogens with one attached hydrogen (secondary N) is 1. The molecule has 1 amide bonds. The molecule has 2 saturated heterocycles. The van der Waals surface area contributed by atoms with Gasteiger partial charge in [0.2, 0.25) is 5.82 Å². The Morgan fingerprint density at radius 1 is 0.952 bits per heavy atom. The lowest BCUT2D eigenvalue weighted by Crippen LogP contribution is -2.40. The van der Waals surface area contributed by atoms with Gasteiger partial charge in [0.1, 0.15) is 5.56 Å². The molecule has 1 aromatic rings. The highest BCUT2D eigenvalue weighted by Gasteiger charge is 2.42. The van der Waals surface area contributed by atoms with Crippen LogP contribution in [-0.2, 0) is 0 Å². The molecule has 3 nitrogen and oxygen atoms in total. The molecule has 0 radical (unpaired) electrons. The number of nitrogens with zero attached hydrogens (tertiary/aromatic N) is 1. The molecule has 3 rings (SSSR count). The maximum atomic E-state index is 13.7. The summed E-state index contributed by atoms with van der Waals surface area (Å²) < 4.78 is 66.7. The zero-order valence-electron chi connectivity index (χ0n) is 10.7. The number of carbonyl (C=O) groups excluding carboxylic acids is 1. The van der Waals surface area contributed by atoms with Crippen molar-refractivity contribution >= 4 is 5.91 Å². The van der Waals surface area contributed by atoms with Crippen LogP contribution in [0, 0.1) is 35.0 Å². The summed E-state index contributed by atoms with van der Waals surface area (Å²) in [5.41, 5.74) is -1.38. The molecular formula is C13H11F5N2O. The average molecular weight is 306 g/mol. The SMILES string of the molecule is O=C(c1c(F)c(F)c(F)c(F)c1F)N1CC[C@H]2CNC[C@H]21. The number of hydrogen-bond donors (Lipinski definition) is 1. The molecule has 1 aromatic carbocycles. The first kappa shape index (κ1) is 14.2. The molecular weight excluding hydrogens is 295 g/mol. The molecule has 0 unspecified atom stereocenters. The summed E-state index contributed by atoms with van der Waals surface area (Å²) in [6.07, 6.45) is 0.638. The van der Waals surface area contributed by atoms with E-state index in [0.29, 0.717) is 19.5 Å². The molecule has 2 fully saturated rings. The van der Waals surface area contributed by atoms with Gasteiger partial charge in [-0.25, -0.2) is 22.0 Å². The van der Waals surface area contributed by atoms with Gasteiger partial charge in [0, 0.05) is 25.7 Å². The summed E-state index contributed by atoms with van der Waals surface area (Å²) >= 11 is 0. The minimum Gasteiger partial charge on any atom is -0.334 e. The summed E-state index contributed by atoms with van der Waals surface area (Å²) in [6.45, 7) is 1.37. The van der Waals surface area contributed by atoms with Crippen LogP contribution in [0.1, 0.15) is 16.8 Å². The number of halogens is 5. The van der Waals surface area contributed by atoms with Crippen molar-refractivity contribution in [2.24, 2.45) is 5.92 Å². The second kappa shape index (κ2) is 4.94. The average Bonchev–Trinajstić information content (AvgIpc) is 3.05. The van der Waals surface area contributed by atoms with E-state index in [2.05, 4.69) is 5.32 Å². The highest BCUT2D eigenvalue weighted by atomic mass is 19.2. The van der Waals surface area contributed by atoms with Crippen LogP contribution in [0.2, 0.25) is 0 Å². The Labute approximate surface area is 116 Å². The Morgan fingerprint density at radius 3 is 2.14 bits per heavy atom. The van der Waals surface area contributed by atoms with Crippen LogP contribution < -0.4 is 5.32 Å². The van der Waals surface area contributed by atoms with Crippen molar-refractivity contribution in [1.29, 1.82) is 0 Å². The molecule has 21 heavy (non-hydrogen) atoms. The highest BCUT2D eigenvalue weighted by Crippen LogP contribution is 2.31. The van der Waals surface area contributed by atoms with Crippen LogP contribution in [-0.4, -0.2) is 36.5 Å². The summed E-state index contributed by atoms with van der Waals surface area (Å²) in [5, 5.41) is 3.03. The van der Waals surface area contributed by atoms with Gasteiger partial charge < -0.3 is 10.2 Å². The third kappa shape index (κ3) is 2.00. The van der Waals surface area contributed by atoms with E-state index in [4.69, 9.17) is 0 Å². The van der Waals surface area contributed by atoms with Crippen molar-refractivity contribution in [3.05, 3.63) is 34.6 Å². The second-order valence-electron chi connectivity index (χ2n) is 5.22. The van der Waals surface area contributed by atoms with Crippen molar-refractivity contribution in [3.8, 4) is 0 Å². The zero-order chi connectivity index (χ0) is 15.3. The van der Waals surface area contributed by atoms with Gasteiger partial charge in [-0.15, -0.1) is 0 Å². The maximum absolute atomic E-state index is 13.7. The Kier molecular flexibility index (Phi) is 3.35. The smallest absolute Gasteiger partial charge is 0.260 e. The van der Waals surface area contributed by atoms with Gasteiger partial charge in [-0.05, 0) is 12.3 Å². The van der Waals surface area contributed by atoms with Gasteiger partial charge in [-0.2, -0.15) is 0 Å². The fraction of sp³-hybridized carbons (Fsp3) is 0.462. The van der Waals surface area contributed by atoms with Crippen molar-refractivity contribution in [1.82, 2.24) is 10.2 Å². The van der Waals surface area contributed by atoms with Crippen LogP contribution in [0.15, 0.2) is 0 Å². The second-order valence-corrected chi connectivity index (χ2v) is 5.22. The Balaban J connectivity index is 2.03. The topological polar surface area (TPSA) is 32.3 Å². The monoisotopic (exact) mass is 306 g/mol. The number of fused-ring (bicyclic) bond motifs is 1. The highest BCUT2D eigenvalue weighted by molar-refractivity contribution is 5.95. The third-order valence-electron chi connectivity index (χ3n) is 4.13. The lowest BCUT2D eigenvalue weighted by Gasteiger charge is -2.24. The standard InChI is InChI=1S/C13H11F5N2O/c14-8-7(9(15)11(17)12(18)10(8)16)13(21)20-2-1-5-3-19-4-6(5)20/h5-6,19H,1-4H2/t5-,6+/m0/s1. The first-order chi connectivity index (χ1) is 9.93. The van der Waals surface area contributed by atoms with Gasteiger partial charge >= 0.3 is 0 Å². The molecule has 0 aliphatic carbocycles. The van der Waals surface area contributed by atoms with Crippen molar-refractivity contribution in [2.75, 3.05) is 19.6 Å². The molecule has 0 bridgehead atoms. The Morgan fingerprint density at radius 2 is 1.52 bits per heavy atom. The molecule has 0 spiro atoms. The molecule has 2 atom stereocenters. The molecule has 2 heterocycles. The quantitative estimate of drug-likeness (QED) is 0.488. The molecule has 114 valence electrons. The molecule has 1 N–H and O–H groups in total. The van der Waals surface area contributed by atoms with E-state index in [0.717, 1.165) is 0 Å². The summed E-state index contributed by atoms with van der Waals surface area (Å²) in [6, 6.07) is -0.271. The normalized spacial score (nSPS) is 24.5. The number of carbonyl (C=O) groups is 1. The number of likely N-dealkylation sites (tertiary alicyclic amines) is 1. The van der Waals surface area contributed by atoms with Crippen LogP contribution in [0.3, 0.4) is 0 Å². The number of benzene rings is 1. The van der Waals surface area contributed by atoms with Gasteiger partial charge in [-0.1, -0.05) is 0 Å². The Hall–Kier alpha value is -1.70. The summed E-state index contributed by atoms with van der Waals surface area (Å²) in [5.74, 6) is -11.6. The van der Waals surface area contributed by atoms with Gasteiger partial charge in [0.25, 0.3) is 5.91 Å². The largest absolute Gasteiger partial charge is 0.334 e. The van der Waals surface area contributed by atoms with Gasteiger partial charge in [-0.3, -0.25) is 4.79 Å². The Bertz CT molecular complexity index is 592. The van der Waals surface area contributed by atoms with Crippen molar-refractivity contribution in [2.45, 2.75) is 12.5 Å². The summed E-state index contributed by atoms with van der Waals surface area (Å²) in [7, 11) is 0. The lowest BCUT2D eigenvalue weighted by molar-refractivity contribution is 0.0723. The van der Waals surface area contributed by atoms with E-state index in [-0.39, 0.29) is 18.5 Å². The van der Waals surface area contributed by atoms with Crippen molar-refractivity contribution in [3.63, 3.8) is 0 Å². The van der Waals surface area contributed by atoms with Crippen LogP contribution in [0.4, 0.5) is 22.0 Å². The first-order valence-corrected chi connectivity index (χ1v) is 6.46. The predicted octanol–water partition coefficient (Wildman–Crippen LogP) is 1.82. The fourth-order valence-electron chi connectivity index (χ4n) is 3.04. The molecule has 2 aliphatic rings. The number of rotatable bonds is 1. The maximum Gasteiger partial charge on any atom is 0.260 e. The molecule has 8 heteroatoms. The minimum atomic E-state index is -2.26.